The number of alkyl halides is 3. The number of carbonyl (C=O) groups is 1. The molecule has 0 unspecified atom stereocenters. The van der Waals surface area contributed by atoms with Gasteiger partial charge in [0.25, 0.3) is 0 Å². The molecule has 0 saturated carbocycles. The number of hydrogen-bond acceptors (Lipinski definition) is 5. The SMILES string of the molecule is CC(C)(C)OC(=O)N1CCC(Oc2cc(C(F)(F)F)ncn2)CC1. The number of carbonyl (C=O) groups excluding carboxylic acids is 1. The maximum absolute atomic E-state index is 12.6. The van der Waals surface area contributed by atoms with Gasteiger partial charge in [-0.05, 0) is 20.8 Å². The van der Waals surface area contributed by atoms with E-state index in [2.05, 4.69) is 9.97 Å². The molecule has 0 N–H and O–H groups in total. The smallest absolute Gasteiger partial charge is 0.433 e. The molecule has 1 saturated heterocycles. The highest BCUT2D eigenvalue weighted by atomic mass is 19.4. The number of halogens is 3. The van der Waals surface area contributed by atoms with E-state index in [4.69, 9.17) is 9.47 Å². The van der Waals surface area contributed by atoms with Crippen molar-refractivity contribution >= 4 is 6.09 Å². The van der Waals surface area contributed by atoms with Gasteiger partial charge >= 0.3 is 12.3 Å². The fourth-order valence-electron chi connectivity index (χ4n) is 2.21. The van der Waals surface area contributed by atoms with Gasteiger partial charge in [-0.15, -0.1) is 0 Å². The Labute approximate surface area is 138 Å². The van der Waals surface area contributed by atoms with Gasteiger partial charge in [0.2, 0.25) is 5.88 Å². The van der Waals surface area contributed by atoms with E-state index < -0.39 is 23.6 Å². The van der Waals surface area contributed by atoms with Gasteiger partial charge in [0.05, 0.1) is 0 Å². The molecule has 1 aromatic heterocycles. The second-order valence-corrected chi connectivity index (χ2v) is 6.52. The molecule has 2 heterocycles. The molecular weight excluding hydrogens is 327 g/mol. The van der Waals surface area contributed by atoms with Crippen molar-refractivity contribution in [2.75, 3.05) is 13.1 Å². The van der Waals surface area contributed by atoms with E-state index in [9.17, 15) is 18.0 Å². The number of aromatic nitrogens is 2. The summed E-state index contributed by atoms with van der Waals surface area (Å²) in [5.41, 5.74) is -1.61. The monoisotopic (exact) mass is 347 g/mol. The Balaban J connectivity index is 1.88. The number of hydrogen-bond donors (Lipinski definition) is 0. The van der Waals surface area contributed by atoms with Gasteiger partial charge in [-0.25, -0.2) is 14.8 Å². The van der Waals surface area contributed by atoms with Crippen LogP contribution < -0.4 is 4.74 Å². The van der Waals surface area contributed by atoms with Crippen LogP contribution >= 0.6 is 0 Å². The topological polar surface area (TPSA) is 64.5 Å². The Bertz CT molecular complexity index is 579. The molecule has 0 aliphatic carbocycles. The molecule has 0 aromatic carbocycles. The fraction of sp³-hybridized carbons (Fsp3) is 0.667. The molecule has 2 rings (SSSR count). The molecule has 0 atom stereocenters. The number of ether oxygens (including phenoxy) is 2. The first kappa shape index (κ1) is 18.3. The Morgan fingerprint density at radius 2 is 1.83 bits per heavy atom. The zero-order valence-corrected chi connectivity index (χ0v) is 13.8. The fourth-order valence-corrected chi connectivity index (χ4v) is 2.21. The minimum absolute atomic E-state index is 0.118. The van der Waals surface area contributed by atoms with Crippen LogP contribution in [-0.2, 0) is 10.9 Å². The molecule has 9 heteroatoms. The lowest BCUT2D eigenvalue weighted by Gasteiger charge is -2.33. The van der Waals surface area contributed by atoms with Crippen LogP contribution in [0, 0.1) is 0 Å². The second-order valence-electron chi connectivity index (χ2n) is 6.52. The van der Waals surface area contributed by atoms with Gasteiger partial charge < -0.3 is 14.4 Å². The highest BCUT2D eigenvalue weighted by molar-refractivity contribution is 5.68. The summed E-state index contributed by atoms with van der Waals surface area (Å²) in [6.07, 6.45) is -3.44. The van der Waals surface area contributed by atoms with Crippen LogP contribution in [0.15, 0.2) is 12.4 Å². The molecule has 1 aliphatic rings. The second kappa shape index (κ2) is 6.82. The first-order valence-electron chi connectivity index (χ1n) is 7.58. The molecule has 1 aromatic rings. The van der Waals surface area contributed by atoms with Crippen LogP contribution in [0.3, 0.4) is 0 Å². The van der Waals surface area contributed by atoms with Crippen LogP contribution in [0.1, 0.15) is 39.3 Å². The molecule has 1 aliphatic heterocycles. The van der Waals surface area contributed by atoms with Crippen LogP contribution in [0.2, 0.25) is 0 Å². The number of rotatable bonds is 2. The predicted octanol–water partition coefficient (Wildman–Crippen LogP) is 3.27. The molecule has 134 valence electrons. The largest absolute Gasteiger partial charge is 0.474 e. The third kappa shape index (κ3) is 5.24. The average molecular weight is 347 g/mol. The van der Waals surface area contributed by atoms with Crippen molar-refractivity contribution in [3.63, 3.8) is 0 Å². The third-order valence-corrected chi connectivity index (χ3v) is 3.31. The van der Waals surface area contributed by atoms with E-state index in [1.807, 2.05) is 0 Å². The number of piperidine rings is 1. The lowest BCUT2D eigenvalue weighted by atomic mass is 10.1. The number of nitrogens with zero attached hydrogens (tertiary/aromatic N) is 3. The highest BCUT2D eigenvalue weighted by Gasteiger charge is 2.33. The van der Waals surface area contributed by atoms with Crippen molar-refractivity contribution in [2.45, 2.75) is 51.5 Å². The standard InChI is InChI=1S/C15H20F3N3O3/c1-14(2,3)24-13(22)21-6-4-10(5-7-21)23-12-8-11(15(16,17)18)19-9-20-12/h8-10H,4-7H2,1-3H3. The van der Waals surface area contributed by atoms with Crippen molar-refractivity contribution in [1.29, 1.82) is 0 Å². The Hall–Kier alpha value is -2.06. The van der Waals surface area contributed by atoms with E-state index in [0.717, 1.165) is 12.4 Å². The molecule has 1 fully saturated rings. The molecule has 1 amide bonds. The summed E-state index contributed by atoms with van der Waals surface area (Å²) in [5, 5.41) is 0. The molecular formula is C15H20F3N3O3. The molecule has 0 spiro atoms. The van der Waals surface area contributed by atoms with E-state index in [1.165, 1.54) is 0 Å². The van der Waals surface area contributed by atoms with Crippen LogP contribution in [0.25, 0.3) is 0 Å². The van der Waals surface area contributed by atoms with Crippen molar-refractivity contribution < 1.29 is 27.4 Å². The quantitative estimate of drug-likeness (QED) is 0.821. The van der Waals surface area contributed by atoms with Gasteiger partial charge in [-0.3, -0.25) is 0 Å². The minimum Gasteiger partial charge on any atom is -0.474 e. The van der Waals surface area contributed by atoms with E-state index in [0.29, 0.717) is 25.9 Å². The molecule has 0 radical (unpaired) electrons. The summed E-state index contributed by atoms with van der Waals surface area (Å²) in [7, 11) is 0. The lowest BCUT2D eigenvalue weighted by Crippen LogP contribution is -2.44. The lowest BCUT2D eigenvalue weighted by molar-refractivity contribution is -0.141. The van der Waals surface area contributed by atoms with Gasteiger partial charge in [0, 0.05) is 32.0 Å². The molecule has 0 bridgehead atoms. The van der Waals surface area contributed by atoms with Crippen molar-refractivity contribution in [3.8, 4) is 5.88 Å². The Morgan fingerprint density at radius 3 is 2.38 bits per heavy atom. The summed E-state index contributed by atoms with van der Waals surface area (Å²) in [6, 6.07) is 0.778. The first-order chi connectivity index (χ1) is 11.0. The van der Waals surface area contributed by atoms with Crippen LogP contribution in [0.4, 0.5) is 18.0 Å². The maximum Gasteiger partial charge on any atom is 0.433 e. The zero-order chi connectivity index (χ0) is 18.0. The summed E-state index contributed by atoms with van der Waals surface area (Å²) >= 11 is 0. The van der Waals surface area contributed by atoms with Crippen LogP contribution in [-0.4, -0.2) is 45.8 Å². The zero-order valence-electron chi connectivity index (χ0n) is 13.8. The van der Waals surface area contributed by atoms with E-state index in [-0.39, 0.29) is 12.0 Å². The predicted molar refractivity (Wildman–Crippen MR) is 78.5 cm³/mol. The number of likely N-dealkylation sites (tertiary alicyclic amines) is 1. The average Bonchev–Trinajstić information content (AvgIpc) is 2.45. The normalized spacial score (nSPS) is 16.8. The Morgan fingerprint density at radius 1 is 1.21 bits per heavy atom. The van der Waals surface area contributed by atoms with Crippen molar-refractivity contribution in [1.82, 2.24) is 14.9 Å². The summed E-state index contributed by atoms with van der Waals surface area (Å²) in [6.45, 7) is 6.18. The van der Waals surface area contributed by atoms with E-state index >= 15 is 0 Å². The van der Waals surface area contributed by atoms with Crippen molar-refractivity contribution in [2.24, 2.45) is 0 Å². The number of amides is 1. The first-order valence-corrected chi connectivity index (χ1v) is 7.58. The highest BCUT2D eigenvalue weighted by Crippen LogP contribution is 2.29. The van der Waals surface area contributed by atoms with Crippen LogP contribution in [0.5, 0.6) is 5.88 Å². The minimum atomic E-state index is -4.54. The van der Waals surface area contributed by atoms with Gasteiger partial charge in [0.1, 0.15) is 18.0 Å². The summed E-state index contributed by atoms with van der Waals surface area (Å²) in [4.78, 5) is 20.4. The van der Waals surface area contributed by atoms with Gasteiger partial charge in [-0.1, -0.05) is 0 Å². The Kier molecular flexibility index (Phi) is 5.19. The summed E-state index contributed by atoms with van der Waals surface area (Å²) in [5.74, 6) is -0.118. The molecule has 6 nitrogen and oxygen atoms in total. The van der Waals surface area contributed by atoms with Gasteiger partial charge in [0.15, 0.2) is 5.69 Å². The maximum atomic E-state index is 12.6. The van der Waals surface area contributed by atoms with Crippen molar-refractivity contribution in [3.05, 3.63) is 18.1 Å². The molecule has 24 heavy (non-hydrogen) atoms. The third-order valence-electron chi connectivity index (χ3n) is 3.31. The van der Waals surface area contributed by atoms with E-state index in [1.54, 1.807) is 25.7 Å². The van der Waals surface area contributed by atoms with Gasteiger partial charge in [-0.2, -0.15) is 13.2 Å². The summed E-state index contributed by atoms with van der Waals surface area (Å²) < 4.78 is 48.6.